The number of ether oxygens (including phenoxy) is 1. The molecule has 3 aromatic rings. The van der Waals surface area contributed by atoms with Crippen molar-refractivity contribution in [2.24, 2.45) is 5.10 Å². The maximum Gasteiger partial charge on any atom is 0.276 e. The maximum atomic E-state index is 13.7. The lowest BCUT2D eigenvalue weighted by Crippen LogP contribution is -2.35. The average Bonchev–Trinajstić information content (AvgIpc) is 3.42. The lowest BCUT2D eigenvalue weighted by atomic mass is 10.2. The summed E-state index contributed by atoms with van der Waals surface area (Å²) in [6.45, 7) is 2.15. The molecule has 3 heterocycles. The summed E-state index contributed by atoms with van der Waals surface area (Å²) in [6.07, 6.45) is 0. The molecule has 2 aromatic carbocycles. The van der Waals surface area contributed by atoms with Crippen LogP contribution in [0.5, 0.6) is 5.75 Å². The Morgan fingerprint density at radius 1 is 1.12 bits per heavy atom. The number of nitrogens with zero attached hydrogens (tertiary/aromatic N) is 3. The predicted molar refractivity (Wildman–Crippen MR) is 129 cm³/mol. The molecule has 32 heavy (non-hydrogen) atoms. The minimum absolute atomic E-state index is 0.122. The molecular weight excluding hydrogens is 444 g/mol. The van der Waals surface area contributed by atoms with Gasteiger partial charge >= 0.3 is 0 Å². The number of thiazole rings is 1. The van der Waals surface area contributed by atoms with Crippen molar-refractivity contribution >= 4 is 51.0 Å². The highest BCUT2D eigenvalue weighted by molar-refractivity contribution is 8.08. The molecule has 1 N–H and O–H groups in total. The van der Waals surface area contributed by atoms with Gasteiger partial charge in [-0.25, -0.2) is 5.43 Å². The summed E-state index contributed by atoms with van der Waals surface area (Å²) in [5, 5.41) is 4.90. The first-order valence-electron chi connectivity index (χ1n) is 9.94. The van der Waals surface area contributed by atoms with Crippen LogP contribution < -0.4 is 29.8 Å². The minimum Gasteiger partial charge on any atom is -0.497 e. The standard InChI is InChI=1S/C23H20N4O3S2/c1-13-18(20(28)25-24-13)22-27(12-14-7-5-4-6-8-14)21(29)19(32-22)23-26(2)16-11-15(30-3)9-10-17(16)31-23/h4-11H,12H2,1-3H3,(H,25,28)/b22-18?,23-19-. The molecule has 2 aliphatic heterocycles. The zero-order chi connectivity index (χ0) is 22.4. The van der Waals surface area contributed by atoms with Gasteiger partial charge in [0, 0.05) is 18.0 Å². The number of rotatable bonds is 3. The number of hydrogen-bond acceptors (Lipinski definition) is 7. The normalized spacial score (nSPS) is 18.5. The van der Waals surface area contributed by atoms with Crippen LogP contribution >= 0.6 is 23.1 Å². The topological polar surface area (TPSA) is 75.9 Å². The van der Waals surface area contributed by atoms with Crippen molar-refractivity contribution in [2.45, 2.75) is 18.4 Å². The molecule has 0 bridgehead atoms. The first kappa shape index (κ1) is 20.6. The highest BCUT2D eigenvalue weighted by atomic mass is 32.2. The van der Waals surface area contributed by atoms with Gasteiger partial charge in [-0.05, 0) is 24.6 Å². The highest BCUT2D eigenvalue weighted by Crippen LogP contribution is 2.46. The van der Waals surface area contributed by atoms with Crippen LogP contribution in [-0.2, 0) is 11.3 Å². The van der Waals surface area contributed by atoms with Crippen molar-refractivity contribution in [1.29, 1.82) is 0 Å². The van der Waals surface area contributed by atoms with Gasteiger partial charge in [-0.2, -0.15) is 5.10 Å². The van der Waals surface area contributed by atoms with Crippen molar-refractivity contribution in [3.05, 3.63) is 73.6 Å². The highest BCUT2D eigenvalue weighted by Gasteiger charge is 2.27. The fraction of sp³-hybridized carbons (Fsp3) is 0.174. The largest absolute Gasteiger partial charge is 0.497 e. The summed E-state index contributed by atoms with van der Waals surface area (Å²) >= 11 is 2.88. The number of thioether (sulfide) groups is 1. The van der Waals surface area contributed by atoms with E-state index in [9.17, 15) is 9.59 Å². The lowest BCUT2D eigenvalue weighted by molar-refractivity contribution is -0.115. The molecule has 7 nitrogen and oxygen atoms in total. The number of nitrogens with one attached hydrogen (secondary N) is 1. The van der Waals surface area contributed by atoms with Gasteiger partial charge in [0.25, 0.3) is 11.5 Å². The smallest absolute Gasteiger partial charge is 0.276 e. The van der Waals surface area contributed by atoms with E-state index in [0.717, 1.165) is 26.9 Å². The summed E-state index contributed by atoms with van der Waals surface area (Å²) in [5.74, 6) is 0.471. The number of carbonyl (C=O) groups excluding carboxylic acids is 1. The quantitative estimate of drug-likeness (QED) is 0.641. The van der Waals surface area contributed by atoms with Gasteiger partial charge in [-0.15, -0.1) is 11.3 Å². The second-order valence-electron chi connectivity index (χ2n) is 7.43. The molecule has 0 aliphatic carbocycles. The van der Waals surface area contributed by atoms with Crippen molar-refractivity contribution in [1.82, 2.24) is 9.99 Å². The van der Waals surface area contributed by atoms with Crippen LogP contribution in [0.15, 0.2) is 63.3 Å². The van der Waals surface area contributed by atoms with Gasteiger partial charge in [0.2, 0.25) is 0 Å². The summed E-state index contributed by atoms with van der Waals surface area (Å²) in [4.78, 5) is 29.3. The number of benzene rings is 2. The van der Waals surface area contributed by atoms with Crippen molar-refractivity contribution < 1.29 is 9.53 Å². The summed E-state index contributed by atoms with van der Waals surface area (Å²) in [7, 11) is 3.58. The van der Waals surface area contributed by atoms with Crippen LogP contribution in [0.4, 0.5) is 5.69 Å². The van der Waals surface area contributed by atoms with E-state index in [1.54, 1.807) is 30.4 Å². The molecule has 1 aromatic heterocycles. The summed E-state index contributed by atoms with van der Waals surface area (Å²) in [5.41, 5.74) is 5.38. The number of carbonyl (C=O) groups is 1. The van der Waals surface area contributed by atoms with Crippen LogP contribution in [0.2, 0.25) is 0 Å². The third kappa shape index (κ3) is 3.34. The Morgan fingerprint density at radius 3 is 2.59 bits per heavy atom. The van der Waals surface area contributed by atoms with Crippen LogP contribution in [0, 0.1) is 0 Å². The van der Waals surface area contributed by atoms with E-state index in [1.807, 2.05) is 60.5 Å². The zero-order valence-corrected chi connectivity index (χ0v) is 19.3. The molecule has 0 saturated carbocycles. The Kier molecular flexibility index (Phi) is 5.15. The third-order valence-corrected chi connectivity index (χ3v) is 7.98. The van der Waals surface area contributed by atoms with E-state index in [0.29, 0.717) is 27.0 Å². The van der Waals surface area contributed by atoms with Gasteiger partial charge in [0.05, 0.1) is 30.6 Å². The molecule has 2 aliphatic rings. The Hall–Kier alpha value is -3.30. The number of amides is 1. The van der Waals surface area contributed by atoms with E-state index in [1.165, 1.54) is 11.3 Å². The fourth-order valence-corrected chi connectivity index (χ4v) is 6.28. The van der Waals surface area contributed by atoms with E-state index >= 15 is 0 Å². The predicted octanol–water partition coefficient (Wildman–Crippen LogP) is 1.93. The number of hydrogen-bond donors (Lipinski definition) is 1. The molecule has 162 valence electrons. The number of hydrazone groups is 1. The molecular formula is C23H20N4O3S2. The van der Waals surface area contributed by atoms with E-state index in [2.05, 4.69) is 10.5 Å². The molecule has 5 rings (SSSR count). The summed E-state index contributed by atoms with van der Waals surface area (Å²) < 4.78 is 8.25. The lowest BCUT2D eigenvalue weighted by Gasteiger charge is -2.13. The van der Waals surface area contributed by atoms with Crippen molar-refractivity contribution in [3.8, 4) is 5.75 Å². The van der Waals surface area contributed by atoms with E-state index < -0.39 is 0 Å². The Balaban J connectivity index is 1.76. The van der Waals surface area contributed by atoms with Crippen LogP contribution in [0.1, 0.15) is 12.5 Å². The monoisotopic (exact) mass is 464 g/mol. The van der Waals surface area contributed by atoms with Gasteiger partial charge < -0.3 is 9.64 Å². The van der Waals surface area contributed by atoms with E-state index in [-0.39, 0.29) is 11.5 Å². The van der Waals surface area contributed by atoms with Crippen molar-refractivity contribution in [3.63, 3.8) is 0 Å². The van der Waals surface area contributed by atoms with Crippen molar-refractivity contribution in [2.75, 3.05) is 19.1 Å². The Labute approximate surface area is 192 Å². The molecule has 0 saturated heterocycles. The Bertz CT molecular complexity index is 1450. The first-order valence-corrected chi connectivity index (χ1v) is 11.6. The van der Waals surface area contributed by atoms with Crippen LogP contribution in [-0.4, -0.2) is 30.3 Å². The molecule has 0 radical (unpaired) electrons. The molecule has 0 atom stereocenters. The summed E-state index contributed by atoms with van der Waals surface area (Å²) in [6, 6.07) is 15.6. The molecule has 0 spiro atoms. The van der Waals surface area contributed by atoms with Crippen LogP contribution in [0.3, 0.4) is 0 Å². The third-order valence-electron chi connectivity index (χ3n) is 5.43. The fourth-order valence-electron chi connectivity index (χ4n) is 3.76. The molecule has 9 heteroatoms. The zero-order valence-electron chi connectivity index (χ0n) is 17.7. The average molecular weight is 465 g/mol. The number of anilines is 1. The molecule has 0 fully saturated rings. The second kappa shape index (κ2) is 7.99. The molecule has 0 unspecified atom stereocenters. The maximum absolute atomic E-state index is 13.7. The van der Waals surface area contributed by atoms with Crippen LogP contribution in [0.25, 0.3) is 10.6 Å². The van der Waals surface area contributed by atoms with Gasteiger partial charge in [0.1, 0.15) is 20.0 Å². The second-order valence-corrected chi connectivity index (χ2v) is 9.46. The van der Waals surface area contributed by atoms with Gasteiger partial charge in [-0.3, -0.25) is 14.2 Å². The number of methoxy groups -OCH3 is 1. The Morgan fingerprint density at radius 2 is 1.91 bits per heavy atom. The number of fused-ring (bicyclic) bond motifs is 1. The first-order chi connectivity index (χ1) is 15.5. The SMILES string of the molecule is COc1ccc2c(c1)N(C)/C(=c1/sc(=C3C(=O)NN=C3C)n(Cc3ccccc3)c1=O)S2. The minimum atomic E-state index is -0.289. The van der Waals surface area contributed by atoms with E-state index in [4.69, 9.17) is 4.74 Å². The number of aromatic nitrogens is 1. The van der Waals surface area contributed by atoms with Gasteiger partial charge in [-0.1, -0.05) is 42.1 Å². The van der Waals surface area contributed by atoms with Gasteiger partial charge in [0.15, 0.2) is 0 Å². The molecule has 1 amide bonds.